The van der Waals surface area contributed by atoms with Crippen LogP contribution in [0.2, 0.25) is 0 Å². The van der Waals surface area contributed by atoms with Crippen molar-refractivity contribution in [3.63, 3.8) is 0 Å². The van der Waals surface area contributed by atoms with Gasteiger partial charge in [0.2, 0.25) is 0 Å². The fourth-order valence-corrected chi connectivity index (χ4v) is 4.49. The lowest BCUT2D eigenvalue weighted by Crippen LogP contribution is -2.53. The molecule has 2 saturated heterocycles. The SMILES string of the molecule is CN=C(NCC(C)N1CCOCC1C)NC1CCN(c2ccccc2Br)C1. The number of aliphatic imine (C=N–C) groups is 1. The molecule has 3 unspecified atom stereocenters. The molecular formula is C20H32BrN5O. The summed E-state index contributed by atoms with van der Waals surface area (Å²) in [5.74, 6) is 0.890. The number of ether oxygens (including phenoxy) is 1. The molecule has 7 heteroatoms. The van der Waals surface area contributed by atoms with Crippen molar-refractivity contribution in [1.82, 2.24) is 15.5 Å². The van der Waals surface area contributed by atoms with Gasteiger partial charge in [-0.15, -0.1) is 0 Å². The van der Waals surface area contributed by atoms with Crippen LogP contribution in [0.25, 0.3) is 0 Å². The second-order valence-corrected chi connectivity index (χ2v) is 8.35. The van der Waals surface area contributed by atoms with E-state index in [0.29, 0.717) is 18.1 Å². The van der Waals surface area contributed by atoms with E-state index in [1.807, 2.05) is 7.05 Å². The third kappa shape index (κ3) is 5.36. The van der Waals surface area contributed by atoms with E-state index in [2.05, 4.69) is 79.5 Å². The maximum atomic E-state index is 5.55. The lowest BCUT2D eigenvalue weighted by atomic mass is 10.2. The highest BCUT2D eigenvalue weighted by molar-refractivity contribution is 9.10. The molecule has 0 aliphatic carbocycles. The van der Waals surface area contributed by atoms with E-state index >= 15 is 0 Å². The van der Waals surface area contributed by atoms with Gasteiger partial charge in [0.05, 0.1) is 18.9 Å². The number of para-hydroxylation sites is 1. The Morgan fingerprint density at radius 2 is 2.19 bits per heavy atom. The zero-order valence-electron chi connectivity index (χ0n) is 16.6. The fraction of sp³-hybridized carbons (Fsp3) is 0.650. The van der Waals surface area contributed by atoms with Gasteiger partial charge in [0, 0.05) is 55.8 Å². The number of nitrogens with zero attached hydrogens (tertiary/aromatic N) is 3. The highest BCUT2D eigenvalue weighted by Gasteiger charge is 2.26. The predicted molar refractivity (Wildman–Crippen MR) is 116 cm³/mol. The number of anilines is 1. The Labute approximate surface area is 171 Å². The molecule has 3 atom stereocenters. The molecule has 1 aromatic carbocycles. The number of hydrogen-bond acceptors (Lipinski definition) is 4. The molecule has 2 aliphatic rings. The van der Waals surface area contributed by atoms with Crippen LogP contribution in [-0.4, -0.2) is 75.4 Å². The third-order valence-electron chi connectivity index (χ3n) is 5.50. The van der Waals surface area contributed by atoms with Crippen molar-refractivity contribution in [3.8, 4) is 0 Å². The molecule has 27 heavy (non-hydrogen) atoms. The Kier molecular flexibility index (Phi) is 7.38. The smallest absolute Gasteiger partial charge is 0.191 e. The number of nitrogens with one attached hydrogen (secondary N) is 2. The topological polar surface area (TPSA) is 52.1 Å². The van der Waals surface area contributed by atoms with E-state index in [1.54, 1.807) is 0 Å². The summed E-state index contributed by atoms with van der Waals surface area (Å²) in [6.45, 7) is 10.1. The second kappa shape index (κ2) is 9.75. The summed E-state index contributed by atoms with van der Waals surface area (Å²) in [5, 5.41) is 7.10. The van der Waals surface area contributed by atoms with Crippen LogP contribution in [0.1, 0.15) is 20.3 Å². The molecule has 0 amide bonds. The first-order chi connectivity index (χ1) is 13.1. The molecule has 0 aromatic heterocycles. The average Bonchev–Trinajstić information content (AvgIpc) is 3.14. The largest absolute Gasteiger partial charge is 0.379 e. The molecular weight excluding hydrogens is 406 g/mol. The van der Waals surface area contributed by atoms with Crippen molar-refractivity contribution in [2.24, 2.45) is 4.99 Å². The Balaban J connectivity index is 1.47. The minimum Gasteiger partial charge on any atom is -0.379 e. The van der Waals surface area contributed by atoms with E-state index in [4.69, 9.17) is 4.74 Å². The van der Waals surface area contributed by atoms with Crippen molar-refractivity contribution in [2.75, 3.05) is 51.3 Å². The van der Waals surface area contributed by atoms with E-state index in [0.717, 1.165) is 56.2 Å². The maximum absolute atomic E-state index is 5.55. The molecule has 0 radical (unpaired) electrons. The van der Waals surface area contributed by atoms with Gasteiger partial charge < -0.3 is 20.3 Å². The maximum Gasteiger partial charge on any atom is 0.191 e. The standard InChI is InChI=1S/C20H32BrN5O/c1-15(26-10-11-27-14-16(26)2)12-23-20(22-3)24-17-8-9-25(13-17)19-7-5-4-6-18(19)21/h4-7,15-17H,8-14H2,1-3H3,(H2,22,23,24). The molecule has 2 N–H and O–H groups in total. The minimum atomic E-state index is 0.404. The van der Waals surface area contributed by atoms with Crippen molar-refractivity contribution in [3.05, 3.63) is 28.7 Å². The first-order valence-corrected chi connectivity index (χ1v) is 10.7. The Morgan fingerprint density at radius 1 is 1.37 bits per heavy atom. The zero-order chi connectivity index (χ0) is 19.2. The van der Waals surface area contributed by atoms with E-state index in [9.17, 15) is 0 Å². The first kappa shape index (κ1) is 20.4. The third-order valence-corrected chi connectivity index (χ3v) is 6.17. The molecule has 6 nitrogen and oxygen atoms in total. The summed E-state index contributed by atoms with van der Waals surface area (Å²) in [4.78, 5) is 9.36. The molecule has 2 heterocycles. The monoisotopic (exact) mass is 437 g/mol. The Hall–Kier alpha value is -1.31. The fourth-order valence-electron chi connectivity index (χ4n) is 3.95. The lowest BCUT2D eigenvalue weighted by Gasteiger charge is -2.38. The van der Waals surface area contributed by atoms with Crippen LogP contribution in [0, 0.1) is 0 Å². The van der Waals surface area contributed by atoms with E-state index < -0.39 is 0 Å². The second-order valence-electron chi connectivity index (χ2n) is 7.49. The van der Waals surface area contributed by atoms with Gasteiger partial charge in [-0.25, -0.2) is 0 Å². The molecule has 150 valence electrons. The van der Waals surface area contributed by atoms with Crippen LogP contribution >= 0.6 is 15.9 Å². The summed E-state index contributed by atoms with van der Waals surface area (Å²) in [5.41, 5.74) is 1.26. The van der Waals surface area contributed by atoms with E-state index in [1.165, 1.54) is 5.69 Å². The Bertz CT molecular complexity index is 641. The number of morpholine rings is 1. The quantitative estimate of drug-likeness (QED) is 0.546. The molecule has 2 fully saturated rings. The number of halogens is 1. The summed E-state index contributed by atoms with van der Waals surface area (Å²) < 4.78 is 6.70. The van der Waals surface area contributed by atoms with Gasteiger partial charge in [-0.1, -0.05) is 12.1 Å². The molecule has 0 spiro atoms. The summed E-state index contributed by atoms with van der Waals surface area (Å²) in [7, 11) is 1.85. The molecule has 1 aromatic rings. The average molecular weight is 438 g/mol. The van der Waals surface area contributed by atoms with Gasteiger partial charge in [0.25, 0.3) is 0 Å². The number of rotatable bonds is 5. The van der Waals surface area contributed by atoms with Crippen LogP contribution in [0.5, 0.6) is 0 Å². The van der Waals surface area contributed by atoms with Crippen molar-refractivity contribution < 1.29 is 4.74 Å². The van der Waals surface area contributed by atoms with Crippen molar-refractivity contribution >= 4 is 27.6 Å². The molecule has 0 bridgehead atoms. The summed E-state index contributed by atoms with van der Waals surface area (Å²) in [6.07, 6.45) is 1.11. The highest BCUT2D eigenvalue weighted by atomic mass is 79.9. The van der Waals surface area contributed by atoms with Crippen LogP contribution in [-0.2, 0) is 4.74 Å². The van der Waals surface area contributed by atoms with Crippen LogP contribution in [0.4, 0.5) is 5.69 Å². The first-order valence-electron chi connectivity index (χ1n) is 9.88. The predicted octanol–water partition coefficient (Wildman–Crippen LogP) is 2.30. The van der Waals surface area contributed by atoms with Gasteiger partial charge >= 0.3 is 0 Å². The number of benzene rings is 1. The van der Waals surface area contributed by atoms with Crippen LogP contribution in [0.15, 0.2) is 33.7 Å². The van der Waals surface area contributed by atoms with Crippen molar-refractivity contribution in [1.29, 1.82) is 0 Å². The Morgan fingerprint density at radius 3 is 2.93 bits per heavy atom. The zero-order valence-corrected chi connectivity index (χ0v) is 18.2. The lowest BCUT2D eigenvalue weighted by molar-refractivity contribution is -0.0174. The normalized spacial score (nSPS) is 25.5. The van der Waals surface area contributed by atoms with E-state index in [-0.39, 0.29) is 0 Å². The molecule has 0 saturated carbocycles. The van der Waals surface area contributed by atoms with Gasteiger partial charge in [0.1, 0.15) is 0 Å². The molecule has 3 rings (SSSR count). The van der Waals surface area contributed by atoms with Crippen molar-refractivity contribution in [2.45, 2.75) is 38.4 Å². The van der Waals surface area contributed by atoms with Gasteiger partial charge in [-0.2, -0.15) is 0 Å². The number of guanidine groups is 1. The highest BCUT2D eigenvalue weighted by Crippen LogP contribution is 2.28. The van der Waals surface area contributed by atoms with Crippen LogP contribution < -0.4 is 15.5 Å². The van der Waals surface area contributed by atoms with Gasteiger partial charge in [-0.05, 0) is 48.3 Å². The molecule has 2 aliphatic heterocycles. The summed E-state index contributed by atoms with van der Waals surface area (Å²) >= 11 is 3.66. The van der Waals surface area contributed by atoms with Crippen LogP contribution in [0.3, 0.4) is 0 Å². The minimum absolute atomic E-state index is 0.404. The summed E-state index contributed by atoms with van der Waals surface area (Å²) in [6, 6.07) is 9.74. The van der Waals surface area contributed by atoms with Gasteiger partial charge in [-0.3, -0.25) is 9.89 Å². The number of hydrogen-bond donors (Lipinski definition) is 2. The van der Waals surface area contributed by atoms with Gasteiger partial charge in [0.15, 0.2) is 5.96 Å².